The first-order valence-electron chi connectivity index (χ1n) is 12.7. The number of amides is 2. The van der Waals surface area contributed by atoms with E-state index in [2.05, 4.69) is 15.5 Å². The van der Waals surface area contributed by atoms with Crippen molar-refractivity contribution in [3.05, 3.63) is 59.7 Å². The first-order chi connectivity index (χ1) is 17.1. The van der Waals surface area contributed by atoms with Gasteiger partial charge >= 0.3 is 0 Å². The van der Waals surface area contributed by atoms with E-state index < -0.39 is 0 Å². The Bertz CT molecular complexity index is 1170. The van der Waals surface area contributed by atoms with Crippen LogP contribution in [0.1, 0.15) is 60.9 Å². The van der Waals surface area contributed by atoms with E-state index in [1.807, 2.05) is 48.2 Å². The van der Waals surface area contributed by atoms with E-state index in [0.717, 1.165) is 55.5 Å². The van der Waals surface area contributed by atoms with Crippen molar-refractivity contribution < 1.29 is 14.0 Å². The minimum absolute atomic E-state index is 0.0883. The summed E-state index contributed by atoms with van der Waals surface area (Å²) < 4.78 is 5.85. The molecule has 0 unspecified atom stereocenters. The third-order valence-electron chi connectivity index (χ3n) is 7.18. The van der Waals surface area contributed by atoms with E-state index in [1.165, 1.54) is 19.3 Å². The molecular formula is C28H32N4O3. The van der Waals surface area contributed by atoms with Crippen LogP contribution in [0.2, 0.25) is 0 Å². The summed E-state index contributed by atoms with van der Waals surface area (Å²) in [4.78, 5) is 27.6. The zero-order chi connectivity index (χ0) is 24.2. The number of aryl methyl sites for hydroxylation is 1. The van der Waals surface area contributed by atoms with Gasteiger partial charge in [-0.1, -0.05) is 37.0 Å². The molecule has 1 saturated carbocycles. The van der Waals surface area contributed by atoms with Crippen LogP contribution in [0.5, 0.6) is 0 Å². The molecular weight excluding hydrogens is 440 g/mol. The van der Waals surface area contributed by atoms with Crippen molar-refractivity contribution in [1.82, 2.24) is 20.4 Å². The lowest BCUT2D eigenvalue weighted by molar-refractivity contribution is -0.137. The molecule has 5 rings (SSSR count). The summed E-state index contributed by atoms with van der Waals surface area (Å²) in [6, 6.07) is 15.2. The normalized spacial score (nSPS) is 17.3. The smallest absolute Gasteiger partial charge is 0.251 e. The number of carbonyl (C=O) groups is 2. The highest BCUT2D eigenvalue weighted by Crippen LogP contribution is 2.27. The van der Waals surface area contributed by atoms with Crippen LogP contribution in [0.15, 0.2) is 52.9 Å². The third-order valence-corrected chi connectivity index (χ3v) is 7.18. The molecule has 7 heteroatoms. The van der Waals surface area contributed by atoms with Crippen molar-refractivity contribution in [2.75, 3.05) is 13.1 Å². The molecule has 0 radical (unpaired) electrons. The van der Waals surface area contributed by atoms with E-state index >= 15 is 0 Å². The van der Waals surface area contributed by atoms with E-state index in [4.69, 9.17) is 4.42 Å². The van der Waals surface area contributed by atoms with Crippen LogP contribution in [-0.2, 0) is 4.79 Å². The van der Waals surface area contributed by atoms with E-state index in [0.29, 0.717) is 23.3 Å². The standard InChI is InChI=1S/C28H32N4O3/c1-19-6-5-9-23(18-19)27-31-30-26(35-27)21-12-10-20(11-13-21)25(33)29-24-14-16-32(17-15-24)28(34)22-7-3-2-4-8-22/h5-6,9-13,18,22,24H,2-4,7-8,14-17H2,1H3,(H,29,33). The van der Waals surface area contributed by atoms with Gasteiger partial charge < -0.3 is 14.6 Å². The second kappa shape index (κ2) is 10.4. The molecule has 0 spiro atoms. The third kappa shape index (κ3) is 5.45. The predicted molar refractivity (Wildman–Crippen MR) is 134 cm³/mol. The predicted octanol–water partition coefficient (Wildman–Crippen LogP) is 5.01. The Kier molecular flexibility index (Phi) is 6.93. The molecule has 0 atom stereocenters. The molecule has 2 aliphatic rings. The van der Waals surface area contributed by atoms with E-state index in [9.17, 15) is 9.59 Å². The lowest BCUT2D eigenvalue weighted by Crippen LogP contribution is -2.48. The quantitative estimate of drug-likeness (QED) is 0.564. The molecule has 2 fully saturated rings. The van der Waals surface area contributed by atoms with Gasteiger partial charge in [0.1, 0.15) is 0 Å². The first-order valence-corrected chi connectivity index (χ1v) is 12.7. The molecule has 1 aliphatic carbocycles. The molecule has 35 heavy (non-hydrogen) atoms. The average molecular weight is 473 g/mol. The molecule has 1 saturated heterocycles. The van der Waals surface area contributed by atoms with Crippen LogP contribution in [0.3, 0.4) is 0 Å². The van der Waals surface area contributed by atoms with Crippen LogP contribution in [0, 0.1) is 12.8 Å². The molecule has 2 aromatic carbocycles. The SMILES string of the molecule is Cc1cccc(-c2nnc(-c3ccc(C(=O)NC4CCN(C(=O)C5CCCCC5)CC4)cc3)o2)c1. The van der Waals surface area contributed by atoms with Crippen molar-refractivity contribution in [3.63, 3.8) is 0 Å². The van der Waals surface area contributed by atoms with E-state index in [1.54, 1.807) is 12.1 Å². The van der Waals surface area contributed by atoms with Crippen LogP contribution in [0.4, 0.5) is 0 Å². The Morgan fingerprint density at radius 2 is 1.57 bits per heavy atom. The number of hydrogen-bond donors (Lipinski definition) is 1. The van der Waals surface area contributed by atoms with E-state index in [-0.39, 0.29) is 17.9 Å². The van der Waals surface area contributed by atoms with Gasteiger partial charge in [0.15, 0.2) is 0 Å². The minimum atomic E-state index is -0.0976. The van der Waals surface area contributed by atoms with Gasteiger partial charge in [0.2, 0.25) is 17.7 Å². The van der Waals surface area contributed by atoms with Crippen molar-refractivity contribution in [1.29, 1.82) is 0 Å². The second-order valence-electron chi connectivity index (χ2n) is 9.77. The van der Waals surface area contributed by atoms with Gasteiger partial charge in [0.25, 0.3) is 5.91 Å². The fraction of sp³-hybridized carbons (Fsp3) is 0.429. The van der Waals surface area contributed by atoms with Gasteiger partial charge in [-0.25, -0.2) is 0 Å². The second-order valence-corrected chi connectivity index (χ2v) is 9.77. The number of nitrogens with zero attached hydrogens (tertiary/aromatic N) is 3. The number of nitrogens with one attached hydrogen (secondary N) is 1. The van der Waals surface area contributed by atoms with Crippen molar-refractivity contribution in [3.8, 4) is 22.9 Å². The zero-order valence-electron chi connectivity index (χ0n) is 20.2. The maximum absolute atomic E-state index is 12.8. The van der Waals surface area contributed by atoms with Gasteiger partial charge in [-0.15, -0.1) is 10.2 Å². The van der Waals surface area contributed by atoms with Crippen LogP contribution < -0.4 is 5.32 Å². The Hall–Kier alpha value is -3.48. The Balaban J connectivity index is 1.15. The van der Waals surface area contributed by atoms with Crippen LogP contribution in [-0.4, -0.2) is 46.0 Å². The summed E-state index contributed by atoms with van der Waals surface area (Å²) in [6.45, 7) is 3.46. The van der Waals surface area contributed by atoms with Crippen molar-refractivity contribution in [2.24, 2.45) is 5.92 Å². The molecule has 7 nitrogen and oxygen atoms in total. The molecule has 2 heterocycles. The average Bonchev–Trinajstić information content (AvgIpc) is 3.40. The molecule has 1 aromatic heterocycles. The number of rotatable bonds is 5. The number of aromatic nitrogens is 2. The highest BCUT2D eigenvalue weighted by atomic mass is 16.4. The molecule has 182 valence electrons. The van der Waals surface area contributed by atoms with Crippen molar-refractivity contribution in [2.45, 2.75) is 57.9 Å². The fourth-order valence-corrected chi connectivity index (χ4v) is 5.12. The maximum Gasteiger partial charge on any atom is 0.251 e. The zero-order valence-corrected chi connectivity index (χ0v) is 20.2. The van der Waals surface area contributed by atoms with Crippen LogP contribution in [0.25, 0.3) is 22.9 Å². The summed E-state index contributed by atoms with van der Waals surface area (Å²) in [5.41, 5.74) is 3.36. The molecule has 1 N–H and O–H groups in total. The first kappa shape index (κ1) is 23.3. The number of benzene rings is 2. The number of likely N-dealkylation sites (tertiary alicyclic amines) is 1. The molecule has 2 amide bonds. The Morgan fingerprint density at radius 3 is 2.26 bits per heavy atom. The fourth-order valence-electron chi connectivity index (χ4n) is 5.12. The summed E-state index contributed by atoms with van der Waals surface area (Å²) in [6.07, 6.45) is 7.25. The van der Waals surface area contributed by atoms with Crippen molar-refractivity contribution >= 4 is 11.8 Å². The summed E-state index contributed by atoms with van der Waals surface area (Å²) in [5.74, 6) is 1.32. The highest BCUT2D eigenvalue weighted by Gasteiger charge is 2.29. The Morgan fingerprint density at radius 1 is 0.886 bits per heavy atom. The van der Waals surface area contributed by atoms with Gasteiger partial charge in [-0.05, 0) is 69.0 Å². The highest BCUT2D eigenvalue weighted by molar-refractivity contribution is 5.94. The molecule has 0 bridgehead atoms. The van der Waals surface area contributed by atoms with Gasteiger partial charge in [0.05, 0.1) is 0 Å². The lowest BCUT2D eigenvalue weighted by Gasteiger charge is -2.35. The summed E-state index contributed by atoms with van der Waals surface area (Å²) >= 11 is 0. The largest absolute Gasteiger partial charge is 0.416 e. The van der Waals surface area contributed by atoms with Crippen LogP contribution >= 0.6 is 0 Å². The summed E-state index contributed by atoms with van der Waals surface area (Å²) in [5, 5.41) is 11.5. The number of piperidine rings is 1. The molecule has 3 aromatic rings. The van der Waals surface area contributed by atoms with Gasteiger partial charge in [-0.2, -0.15) is 0 Å². The van der Waals surface area contributed by atoms with Gasteiger partial charge in [0, 0.05) is 41.7 Å². The number of hydrogen-bond acceptors (Lipinski definition) is 5. The number of carbonyl (C=O) groups excluding carboxylic acids is 2. The summed E-state index contributed by atoms with van der Waals surface area (Å²) in [7, 11) is 0. The monoisotopic (exact) mass is 472 g/mol. The maximum atomic E-state index is 12.8. The molecule has 1 aliphatic heterocycles. The topological polar surface area (TPSA) is 88.3 Å². The van der Waals surface area contributed by atoms with Gasteiger partial charge in [-0.3, -0.25) is 9.59 Å². The Labute approximate surface area is 205 Å². The lowest BCUT2D eigenvalue weighted by atomic mass is 9.87. The minimum Gasteiger partial charge on any atom is -0.416 e.